The standard InChI is InChI=1S/C21H29BrO4S/c22-16-13-18(27-14-16)11-10-17(23)9-7-15-8-12-20(24)19(15)5-3-1-2-4-6-21(25)26/h1,3,7,9,13-15,17,19-20,23-24H,2,4-6,8,10-12H2,(H,25,26)/t15-,17+,19+,20?/m0/s1. The Morgan fingerprint density at radius 3 is 2.89 bits per heavy atom. The van der Waals surface area contributed by atoms with Gasteiger partial charge in [0.25, 0.3) is 0 Å². The second-order valence-electron chi connectivity index (χ2n) is 7.19. The zero-order valence-corrected chi connectivity index (χ0v) is 17.9. The molecule has 1 aliphatic carbocycles. The number of halogens is 1. The second-order valence-corrected chi connectivity index (χ2v) is 9.10. The summed E-state index contributed by atoms with van der Waals surface area (Å²) in [4.78, 5) is 11.8. The monoisotopic (exact) mass is 456 g/mol. The van der Waals surface area contributed by atoms with Gasteiger partial charge in [-0.15, -0.1) is 11.3 Å². The Labute approximate surface area is 173 Å². The van der Waals surface area contributed by atoms with Gasteiger partial charge in [0.05, 0.1) is 12.2 Å². The van der Waals surface area contributed by atoms with Crippen LogP contribution in [-0.2, 0) is 11.2 Å². The maximum absolute atomic E-state index is 10.5. The van der Waals surface area contributed by atoms with Gasteiger partial charge in [-0.1, -0.05) is 24.3 Å². The average molecular weight is 457 g/mol. The minimum absolute atomic E-state index is 0.178. The minimum Gasteiger partial charge on any atom is -0.481 e. The van der Waals surface area contributed by atoms with Crippen LogP contribution in [0.2, 0.25) is 0 Å². The van der Waals surface area contributed by atoms with E-state index in [0.717, 1.165) is 36.6 Å². The molecule has 0 radical (unpaired) electrons. The maximum atomic E-state index is 10.5. The first-order valence-electron chi connectivity index (χ1n) is 9.60. The molecule has 1 aromatic rings. The number of aliphatic hydroxyl groups is 2. The van der Waals surface area contributed by atoms with Gasteiger partial charge in [0, 0.05) is 21.2 Å². The summed E-state index contributed by atoms with van der Waals surface area (Å²) in [7, 11) is 0. The first-order valence-corrected chi connectivity index (χ1v) is 11.3. The summed E-state index contributed by atoms with van der Waals surface area (Å²) < 4.78 is 1.09. The largest absolute Gasteiger partial charge is 0.481 e. The summed E-state index contributed by atoms with van der Waals surface area (Å²) in [6, 6.07) is 2.09. The lowest BCUT2D eigenvalue weighted by atomic mass is 9.90. The van der Waals surface area contributed by atoms with E-state index in [1.807, 2.05) is 12.2 Å². The number of hydrogen-bond acceptors (Lipinski definition) is 4. The number of hydrogen-bond donors (Lipinski definition) is 3. The fraction of sp³-hybridized carbons (Fsp3) is 0.571. The van der Waals surface area contributed by atoms with E-state index in [1.165, 1.54) is 4.88 Å². The second kappa shape index (κ2) is 11.8. The summed E-state index contributed by atoms with van der Waals surface area (Å²) in [5.41, 5.74) is 0. The molecule has 27 heavy (non-hydrogen) atoms. The van der Waals surface area contributed by atoms with Gasteiger partial charge in [-0.2, -0.15) is 0 Å². The van der Waals surface area contributed by atoms with Crippen LogP contribution in [0.4, 0.5) is 0 Å². The fourth-order valence-corrected chi connectivity index (χ4v) is 5.00. The molecule has 0 aliphatic heterocycles. The topological polar surface area (TPSA) is 77.8 Å². The summed E-state index contributed by atoms with van der Waals surface area (Å²) in [6.45, 7) is 0. The number of carboxylic acids is 1. The molecule has 1 unspecified atom stereocenters. The number of carboxylic acid groups (broad SMARTS) is 1. The Balaban J connectivity index is 1.74. The molecule has 1 aliphatic rings. The predicted molar refractivity (Wildman–Crippen MR) is 113 cm³/mol. The van der Waals surface area contributed by atoms with Crippen molar-refractivity contribution < 1.29 is 20.1 Å². The molecule has 3 N–H and O–H groups in total. The molecule has 150 valence electrons. The molecule has 0 amide bonds. The zero-order valence-electron chi connectivity index (χ0n) is 15.5. The van der Waals surface area contributed by atoms with Gasteiger partial charge >= 0.3 is 5.97 Å². The van der Waals surface area contributed by atoms with E-state index < -0.39 is 12.1 Å². The molecule has 2 rings (SSSR count). The SMILES string of the molecule is O=C(O)CCCC=CC[C@H]1C(O)CC[C@@H]1C=C[C@@H](O)CCc1cc(Br)cs1. The van der Waals surface area contributed by atoms with Gasteiger partial charge in [0.1, 0.15) is 0 Å². The smallest absolute Gasteiger partial charge is 0.303 e. The molecule has 0 saturated heterocycles. The van der Waals surface area contributed by atoms with Gasteiger partial charge < -0.3 is 15.3 Å². The summed E-state index contributed by atoms with van der Waals surface area (Å²) in [5, 5.41) is 31.2. The Bertz CT molecular complexity index is 640. The van der Waals surface area contributed by atoms with Crippen LogP contribution in [0.5, 0.6) is 0 Å². The number of aryl methyl sites for hydroxylation is 1. The van der Waals surface area contributed by atoms with E-state index in [1.54, 1.807) is 11.3 Å². The van der Waals surface area contributed by atoms with Crippen molar-refractivity contribution in [3.05, 3.63) is 45.1 Å². The average Bonchev–Trinajstić information content (AvgIpc) is 3.20. The summed E-state index contributed by atoms with van der Waals surface area (Å²) in [5.74, 6) is -0.295. The number of carbonyl (C=O) groups is 1. The zero-order chi connectivity index (χ0) is 19.6. The lowest BCUT2D eigenvalue weighted by Gasteiger charge is -2.18. The molecule has 6 heteroatoms. The van der Waals surface area contributed by atoms with Gasteiger partial charge in [-0.3, -0.25) is 4.79 Å². The maximum Gasteiger partial charge on any atom is 0.303 e. The predicted octanol–water partition coefficient (Wildman–Crippen LogP) is 4.95. The van der Waals surface area contributed by atoms with Gasteiger partial charge in [0.15, 0.2) is 0 Å². The molecular formula is C21H29BrO4S. The highest BCUT2D eigenvalue weighted by Crippen LogP contribution is 2.36. The Hall–Kier alpha value is -0.950. The van der Waals surface area contributed by atoms with Crippen LogP contribution >= 0.6 is 27.3 Å². The molecule has 1 saturated carbocycles. The van der Waals surface area contributed by atoms with Crippen LogP contribution in [0.15, 0.2) is 40.2 Å². The Morgan fingerprint density at radius 1 is 1.37 bits per heavy atom. The van der Waals surface area contributed by atoms with Crippen LogP contribution < -0.4 is 0 Å². The Morgan fingerprint density at radius 2 is 2.19 bits per heavy atom. The molecule has 1 aromatic heterocycles. The van der Waals surface area contributed by atoms with Crippen LogP contribution in [0.3, 0.4) is 0 Å². The van der Waals surface area contributed by atoms with E-state index >= 15 is 0 Å². The van der Waals surface area contributed by atoms with Crippen molar-refractivity contribution >= 4 is 33.2 Å². The van der Waals surface area contributed by atoms with Crippen molar-refractivity contribution in [2.75, 3.05) is 0 Å². The highest BCUT2D eigenvalue weighted by molar-refractivity contribution is 9.10. The van der Waals surface area contributed by atoms with Crippen LogP contribution in [0.1, 0.15) is 49.8 Å². The molecule has 1 fully saturated rings. The first kappa shape index (κ1) is 22.3. The molecule has 4 atom stereocenters. The lowest BCUT2D eigenvalue weighted by molar-refractivity contribution is -0.137. The lowest BCUT2D eigenvalue weighted by Crippen LogP contribution is -2.17. The molecular weight excluding hydrogens is 428 g/mol. The molecule has 0 spiro atoms. The third-order valence-electron chi connectivity index (χ3n) is 5.07. The number of aliphatic carboxylic acids is 1. The third-order valence-corrected chi connectivity index (χ3v) is 6.82. The van der Waals surface area contributed by atoms with Crippen molar-refractivity contribution in [3.63, 3.8) is 0 Å². The van der Waals surface area contributed by atoms with Crippen molar-refractivity contribution in [2.24, 2.45) is 11.8 Å². The summed E-state index contributed by atoms with van der Waals surface area (Å²) >= 11 is 5.14. The van der Waals surface area contributed by atoms with Crippen molar-refractivity contribution in [1.82, 2.24) is 0 Å². The first-order chi connectivity index (χ1) is 13.0. The van der Waals surface area contributed by atoms with Gasteiger partial charge in [-0.25, -0.2) is 0 Å². The Kier molecular flexibility index (Phi) is 9.76. The molecule has 0 aromatic carbocycles. The minimum atomic E-state index is -0.759. The number of allylic oxidation sites excluding steroid dienone is 3. The van der Waals surface area contributed by atoms with Crippen molar-refractivity contribution in [2.45, 2.75) is 63.6 Å². The highest BCUT2D eigenvalue weighted by atomic mass is 79.9. The van der Waals surface area contributed by atoms with Gasteiger partial charge in [0.2, 0.25) is 0 Å². The van der Waals surface area contributed by atoms with Crippen LogP contribution in [0, 0.1) is 11.8 Å². The van der Waals surface area contributed by atoms with Crippen LogP contribution in [0.25, 0.3) is 0 Å². The van der Waals surface area contributed by atoms with E-state index in [9.17, 15) is 15.0 Å². The molecule has 1 heterocycles. The normalized spacial score (nSPS) is 24.2. The molecule has 0 bridgehead atoms. The van der Waals surface area contributed by atoms with E-state index in [-0.39, 0.29) is 24.4 Å². The number of rotatable bonds is 11. The third kappa shape index (κ3) is 8.30. The van der Waals surface area contributed by atoms with Crippen LogP contribution in [-0.4, -0.2) is 33.5 Å². The molecule has 4 nitrogen and oxygen atoms in total. The highest BCUT2D eigenvalue weighted by Gasteiger charge is 2.32. The van der Waals surface area contributed by atoms with Crippen molar-refractivity contribution in [1.29, 1.82) is 0 Å². The number of unbranched alkanes of at least 4 members (excludes halogenated alkanes) is 1. The number of thiophene rings is 1. The van der Waals surface area contributed by atoms with E-state index in [0.29, 0.717) is 12.8 Å². The quantitative estimate of drug-likeness (QED) is 0.325. The van der Waals surface area contributed by atoms with Crippen molar-refractivity contribution in [3.8, 4) is 0 Å². The van der Waals surface area contributed by atoms with E-state index in [2.05, 4.69) is 39.5 Å². The van der Waals surface area contributed by atoms with E-state index in [4.69, 9.17) is 5.11 Å². The number of aliphatic hydroxyl groups excluding tert-OH is 2. The van der Waals surface area contributed by atoms with Gasteiger partial charge in [-0.05, 0) is 78.8 Å². The summed E-state index contributed by atoms with van der Waals surface area (Å²) in [6.07, 6.45) is 13.0. The fourth-order valence-electron chi connectivity index (χ4n) is 3.53.